The molecule has 244 valence electrons. The van der Waals surface area contributed by atoms with Crippen molar-refractivity contribution in [3.8, 4) is 0 Å². The van der Waals surface area contributed by atoms with Crippen molar-refractivity contribution < 1.29 is 57.9 Å². The number of rotatable bonds is 5. The molecule has 0 radical (unpaired) electrons. The molecule has 0 unspecified atom stereocenters. The summed E-state index contributed by atoms with van der Waals surface area (Å²) in [4.78, 5) is 66.8. The molecule has 2 bridgehead atoms. The highest BCUT2D eigenvalue weighted by Gasteiger charge is 2.79. The van der Waals surface area contributed by atoms with Crippen LogP contribution in [0.5, 0.6) is 0 Å². The Balaban J connectivity index is 1.90. The molecule has 1 aromatic carbocycles. The van der Waals surface area contributed by atoms with Crippen molar-refractivity contribution in [3.63, 3.8) is 0 Å². The molecule has 45 heavy (non-hydrogen) atoms. The van der Waals surface area contributed by atoms with Gasteiger partial charge in [-0.15, -0.1) is 0 Å². The predicted molar refractivity (Wildman–Crippen MR) is 154 cm³/mol. The third-order valence-electron chi connectivity index (χ3n) is 10.5. The molecule has 3 fully saturated rings. The van der Waals surface area contributed by atoms with Gasteiger partial charge in [0.25, 0.3) is 0 Å². The molecule has 2 N–H and O–H groups in total. The van der Waals surface area contributed by atoms with E-state index >= 15 is 0 Å². The number of ketones is 1. The van der Waals surface area contributed by atoms with Crippen LogP contribution >= 0.6 is 0 Å². The monoisotopic (exact) mass is 628 g/mol. The van der Waals surface area contributed by atoms with E-state index in [1.54, 1.807) is 39.0 Å². The molecular formula is C33H40O12. The summed E-state index contributed by atoms with van der Waals surface area (Å²) in [5, 5.41) is 23.7. The van der Waals surface area contributed by atoms with Crippen molar-refractivity contribution in [3.05, 3.63) is 47.0 Å². The third-order valence-corrected chi connectivity index (χ3v) is 10.5. The lowest BCUT2D eigenvalue weighted by Gasteiger charge is -2.67. The Morgan fingerprint density at radius 2 is 1.53 bits per heavy atom. The van der Waals surface area contributed by atoms with Crippen molar-refractivity contribution in [2.24, 2.45) is 16.7 Å². The number of benzene rings is 1. The van der Waals surface area contributed by atoms with E-state index in [0.717, 1.165) is 0 Å². The molecule has 1 aromatic rings. The fourth-order valence-corrected chi connectivity index (χ4v) is 8.44. The highest BCUT2D eigenvalue weighted by molar-refractivity contribution is 5.94. The smallest absolute Gasteiger partial charge is 0.338 e. The standard InChI is InChI=1S/C33H40O12/c1-16-21(42-17(2)34)14-33(45-19(4)36)28(43-29(40)20-11-9-8-10-12-20)26-31(7,27(39)25(38)24(16)30(33,5)6)22(37)13-23-32(26,15-41-23)44-18(3)35/h8-12,21-23,25-26,28,37-38H,13-15H2,1-7H3/t21-,22-,23+,25+,26-,28-,31+,32-,33+/m0/s1. The van der Waals surface area contributed by atoms with E-state index < -0.39 is 88.1 Å². The van der Waals surface area contributed by atoms with E-state index in [4.69, 9.17) is 23.7 Å². The topological polar surface area (TPSA) is 172 Å². The van der Waals surface area contributed by atoms with Crippen LogP contribution in [0.1, 0.15) is 71.7 Å². The van der Waals surface area contributed by atoms with E-state index in [1.807, 2.05) is 0 Å². The van der Waals surface area contributed by atoms with Gasteiger partial charge < -0.3 is 33.9 Å². The number of Topliss-reactive ketones (excluding diaryl/α,β-unsaturated/α-hetero) is 1. The number of hydrogen-bond acceptors (Lipinski definition) is 12. The maximum atomic E-state index is 14.7. The van der Waals surface area contributed by atoms with Crippen LogP contribution in [0.3, 0.4) is 0 Å². The molecule has 0 aromatic heterocycles. The second-order valence-corrected chi connectivity index (χ2v) is 13.3. The maximum Gasteiger partial charge on any atom is 0.338 e. The van der Waals surface area contributed by atoms with Crippen LogP contribution in [-0.2, 0) is 42.9 Å². The normalized spacial score (nSPS) is 38.3. The molecule has 9 atom stereocenters. The average molecular weight is 629 g/mol. The molecule has 4 aliphatic rings. The van der Waals surface area contributed by atoms with E-state index in [-0.39, 0.29) is 30.6 Å². The van der Waals surface area contributed by atoms with Gasteiger partial charge in [0, 0.05) is 39.0 Å². The van der Waals surface area contributed by atoms with Crippen molar-refractivity contribution in [1.29, 1.82) is 0 Å². The minimum atomic E-state index is -1.93. The Bertz CT molecular complexity index is 1460. The van der Waals surface area contributed by atoms with Gasteiger partial charge in [-0.25, -0.2) is 4.79 Å². The number of carbonyl (C=O) groups excluding carboxylic acids is 5. The van der Waals surface area contributed by atoms with Gasteiger partial charge in [0.05, 0.1) is 29.6 Å². The molecule has 3 aliphatic carbocycles. The molecule has 0 amide bonds. The van der Waals surface area contributed by atoms with Gasteiger partial charge in [-0.2, -0.15) is 0 Å². The van der Waals surface area contributed by atoms with Gasteiger partial charge in [0.1, 0.15) is 18.3 Å². The zero-order chi connectivity index (χ0) is 33.3. The summed E-state index contributed by atoms with van der Waals surface area (Å²) in [6, 6.07) is 8.02. The molecule has 12 nitrogen and oxygen atoms in total. The second kappa shape index (κ2) is 11.0. The van der Waals surface area contributed by atoms with E-state index in [0.29, 0.717) is 5.57 Å². The molecule has 1 aliphatic heterocycles. The molecule has 2 saturated carbocycles. The molecule has 0 spiro atoms. The lowest BCUT2D eigenvalue weighted by molar-refractivity contribution is -0.346. The number of carbonyl (C=O) groups is 5. The Kier molecular flexibility index (Phi) is 8.03. The van der Waals surface area contributed by atoms with Crippen LogP contribution in [-0.4, -0.2) is 88.2 Å². The Labute approximate surface area is 261 Å². The first-order valence-corrected chi connectivity index (χ1v) is 15.0. The molecule has 12 heteroatoms. The van der Waals surface area contributed by atoms with Crippen molar-refractivity contribution in [2.75, 3.05) is 6.61 Å². The van der Waals surface area contributed by atoms with Gasteiger partial charge in [-0.05, 0) is 37.1 Å². The van der Waals surface area contributed by atoms with Crippen LogP contribution in [0.4, 0.5) is 0 Å². The van der Waals surface area contributed by atoms with Gasteiger partial charge in [0.2, 0.25) is 0 Å². The van der Waals surface area contributed by atoms with Crippen molar-refractivity contribution in [1.82, 2.24) is 0 Å². The number of fused-ring (bicyclic) bond motifs is 5. The maximum absolute atomic E-state index is 14.7. The minimum absolute atomic E-state index is 0.104. The highest BCUT2D eigenvalue weighted by Crippen LogP contribution is 2.65. The Hall–Kier alpha value is -3.61. The first kappa shape index (κ1) is 32.8. The fourth-order valence-electron chi connectivity index (χ4n) is 8.44. The third kappa shape index (κ3) is 4.71. The average Bonchev–Trinajstić information content (AvgIpc) is 2.94. The van der Waals surface area contributed by atoms with E-state index in [1.165, 1.54) is 39.8 Å². The quantitative estimate of drug-likeness (QED) is 0.277. The fraction of sp³-hybridized carbons (Fsp3) is 0.606. The predicted octanol–water partition coefficient (Wildman–Crippen LogP) is 2.22. The van der Waals surface area contributed by atoms with Crippen LogP contribution in [0.2, 0.25) is 0 Å². The molecule has 1 saturated heterocycles. The lowest BCUT2D eigenvalue weighted by atomic mass is 9.44. The van der Waals surface area contributed by atoms with Crippen molar-refractivity contribution in [2.45, 2.75) is 103 Å². The molecule has 5 rings (SSSR count). The number of esters is 4. The largest absolute Gasteiger partial charge is 0.458 e. The van der Waals surface area contributed by atoms with Crippen molar-refractivity contribution >= 4 is 29.7 Å². The van der Waals surface area contributed by atoms with Gasteiger partial charge >= 0.3 is 23.9 Å². The summed E-state index contributed by atoms with van der Waals surface area (Å²) >= 11 is 0. The number of hydrogen-bond donors (Lipinski definition) is 2. The zero-order valence-corrected chi connectivity index (χ0v) is 26.4. The van der Waals surface area contributed by atoms with Crippen LogP contribution in [0, 0.1) is 16.7 Å². The first-order valence-electron chi connectivity index (χ1n) is 15.0. The summed E-state index contributed by atoms with van der Waals surface area (Å²) < 4.78 is 30.1. The number of aliphatic hydroxyl groups is 2. The number of aliphatic hydroxyl groups excluding tert-OH is 2. The zero-order valence-electron chi connectivity index (χ0n) is 26.4. The van der Waals surface area contributed by atoms with Crippen LogP contribution in [0.15, 0.2) is 41.5 Å². The Morgan fingerprint density at radius 1 is 0.911 bits per heavy atom. The molecular weight excluding hydrogens is 588 g/mol. The van der Waals surface area contributed by atoms with Gasteiger partial charge in [-0.1, -0.05) is 32.0 Å². The lowest BCUT2D eigenvalue weighted by Crippen LogP contribution is -2.82. The SMILES string of the molecule is CC(=O)O[C@H]1C[C@@]2(OC(C)=O)[C@@H](OC(=O)c3ccccc3)[C@@H]3[C@]4(OC(C)=O)CO[C@@H]4C[C@H](O)[C@@]3(C)C(=O)[C@H](O)C(=C1C)C2(C)C. The summed E-state index contributed by atoms with van der Waals surface area (Å²) in [5.74, 6) is -5.24. The summed E-state index contributed by atoms with van der Waals surface area (Å²) in [5.41, 5.74) is -6.33. The summed E-state index contributed by atoms with van der Waals surface area (Å²) in [6.45, 7) is 9.66. The van der Waals surface area contributed by atoms with Gasteiger partial charge in [-0.3, -0.25) is 19.2 Å². The molecule has 1 heterocycles. The highest BCUT2D eigenvalue weighted by atomic mass is 16.6. The Morgan fingerprint density at radius 3 is 2.07 bits per heavy atom. The minimum Gasteiger partial charge on any atom is -0.458 e. The van der Waals surface area contributed by atoms with E-state index in [9.17, 15) is 34.2 Å². The number of ether oxygens (including phenoxy) is 5. The van der Waals surface area contributed by atoms with E-state index in [2.05, 4.69) is 0 Å². The second-order valence-electron chi connectivity index (χ2n) is 13.3. The van der Waals surface area contributed by atoms with Crippen LogP contribution < -0.4 is 0 Å². The van der Waals surface area contributed by atoms with Crippen LogP contribution in [0.25, 0.3) is 0 Å². The van der Waals surface area contributed by atoms with Gasteiger partial charge in [0.15, 0.2) is 23.1 Å². The summed E-state index contributed by atoms with van der Waals surface area (Å²) in [6.07, 6.45) is -7.33. The summed E-state index contributed by atoms with van der Waals surface area (Å²) in [7, 11) is 0. The first-order chi connectivity index (χ1) is 20.9.